The van der Waals surface area contributed by atoms with E-state index in [1.165, 1.54) is 0 Å². The first-order chi connectivity index (χ1) is 9.66. The lowest BCUT2D eigenvalue weighted by atomic mass is 9.76. The molecule has 0 fully saturated rings. The van der Waals surface area contributed by atoms with E-state index in [0.717, 1.165) is 5.56 Å². The summed E-state index contributed by atoms with van der Waals surface area (Å²) in [7, 11) is 0. The molecule has 0 aromatic heterocycles. The van der Waals surface area contributed by atoms with Crippen LogP contribution < -0.4 is 5.32 Å². The molecule has 0 aliphatic heterocycles. The molecule has 0 saturated heterocycles. The third-order valence-electron chi connectivity index (χ3n) is 4.04. The number of carbonyl (C=O) groups excluding carboxylic acids is 1. The van der Waals surface area contributed by atoms with Gasteiger partial charge in [-0.15, -0.1) is 0 Å². The third kappa shape index (κ3) is 4.46. The number of rotatable bonds is 6. The van der Waals surface area contributed by atoms with E-state index in [0.29, 0.717) is 5.02 Å². The number of nitrogens with one attached hydrogen (secondary N) is 1. The van der Waals surface area contributed by atoms with Crippen molar-refractivity contribution >= 4 is 23.5 Å². The van der Waals surface area contributed by atoms with Gasteiger partial charge in [-0.25, -0.2) is 0 Å². The summed E-state index contributed by atoms with van der Waals surface area (Å²) in [6.45, 7) is 7.08. The Balaban J connectivity index is 2.72. The molecule has 0 heterocycles. The molecule has 1 unspecified atom stereocenters. The van der Waals surface area contributed by atoms with E-state index >= 15 is 0 Å². The van der Waals surface area contributed by atoms with Gasteiger partial charge in [0.15, 0.2) is 0 Å². The molecule has 4 nitrogen and oxygen atoms in total. The molecule has 0 radical (unpaired) electrons. The Hall–Kier alpha value is -1.55. The predicted octanol–water partition coefficient (Wildman–Crippen LogP) is 3.65. The molecule has 0 aliphatic rings. The molecule has 2 N–H and O–H groups in total. The van der Waals surface area contributed by atoms with Gasteiger partial charge < -0.3 is 10.4 Å². The molecule has 2 atom stereocenters. The Morgan fingerprint density at radius 3 is 2.19 bits per heavy atom. The maximum Gasteiger partial charge on any atom is 0.310 e. The monoisotopic (exact) mass is 311 g/mol. The van der Waals surface area contributed by atoms with Crippen LogP contribution in [0.5, 0.6) is 0 Å². The molecule has 5 heteroatoms. The fourth-order valence-electron chi connectivity index (χ4n) is 1.99. The average Bonchev–Trinajstić information content (AvgIpc) is 2.38. The van der Waals surface area contributed by atoms with E-state index in [1.54, 1.807) is 19.1 Å². The minimum absolute atomic E-state index is 0.0437. The van der Waals surface area contributed by atoms with Gasteiger partial charge in [-0.2, -0.15) is 0 Å². The second kappa shape index (κ2) is 6.94. The molecule has 1 amide bonds. The number of halogens is 1. The van der Waals surface area contributed by atoms with Crippen molar-refractivity contribution in [3.8, 4) is 0 Å². The number of carboxylic acids is 1. The summed E-state index contributed by atoms with van der Waals surface area (Å²) in [5, 5.41) is 12.8. The number of hydrogen-bond donors (Lipinski definition) is 2. The Morgan fingerprint density at radius 1 is 1.24 bits per heavy atom. The summed E-state index contributed by atoms with van der Waals surface area (Å²) >= 11 is 5.83. The molecule has 116 valence electrons. The first-order valence-electron chi connectivity index (χ1n) is 6.95. The van der Waals surface area contributed by atoms with Gasteiger partial charge in [0.05, 0.1) is 11.5 Å². The van der Waals surface area contributed by atoms with Crippen LogP contribution in [0.25, 0.3) is 0 Å². The van der Waals surface area contributed by atoms with Crippen LogP contribution >= 0.6 is 11.6 Å². The summed E-state index contributed by atoms with van der Waals surface area (Å²) in [6, 6.07) is 7.00. The number of amides is 1. The van der Waals surface area contributed by atoms with Gasteiger partial charge in [-0.1, -0.05) is 37.6 Å². The second-order valence-electron chi connectivity index (χ2n) is 5.89. The molecule has 1 aromatic rings. The fourth-order valence-corrected chi connectivity index (χ4v) is 2.11. The van der Waals surface area contributed by atoms with Crippen LogP contribution in [0, 0.1) is 11.3 Å². The minimum atomic E-state index is -1.07. The molecule has 0 aliphatic carbocycles. The zero-order valence-electron chi connectivity index (χ0n) is 12.8. The van der Waals surface area contributed by atoms with Gasteiger partial charge in [-0.05, 0) is 37.5 Å². The maximum absolute atomic E-state index is 12.1. The molecule has 0 bridgehead atoms. The highest BCUT2D eigenvalue weighted by atomic mass is 35.5. The third-order valence-corrected chi connectivity index (χ3v) is 4.29. The molecule has 1 rings (SSSR count). The van der Waals surface area contributed by atoms with Crippen molar-refractivity contribution in [2.75, 3.05) is 0 Å². The van der Waals surface area contributed by atoms with Crippen molar-refractivity contribution in [2.24, 2.45) is 11.3 Å². The number of benzene rings is 1. The molecule has 21 heavy (non-hydrogen) atoms. The van der Waals surface area contributed by atoms with E-state index < -0.39 is 11.4 Å². The number of carboxylic acid groups (broad SMARTS) is 1. The van der Waals surface area contributed by atoms with Crippen molar-refractivity contribution in [2.45, 2.75) is 40.2 Å². The van der Waals surface area contributed by atoms with Crippen molar-refractivity contribution in [3.63, 3.8) is 0 Å². The lowest BCUT2D eigenvalue weighted by molar-refractivity contribution is -0.153. The standard InChI is InChI=1S/C16H22ClNO3/c1-10(2)16(4,15(20)21)9-14(19)18-11(3)12-5-7-13(17)8-6-12/h5-8,10-11H,9H2,1-4H3,(H,18,19)(H,20,21)/t11-,16?/m0/s1. The van der Waals surface area contributed by atoms with Gasteiger partial charge in [0, 0.05) is 11.4 Å². The van der Waals surface area contributed by atoms with E-state index in [-0.39, 0.29) is 24.3 Å². The minimum Gasteiger partial charge on any atom is -0.481 e. The smallest absolute Gasteiger partial charge is 0.310 e. The van der Waals surface area contributed by atoms with E-state index in [1.807, 2.05) is 32.9 Å². The average molecular weight is 312 g/mol. The van der Waals surface area contributed by atoms with Crippen LogP contribution in [0.1, 0.15) is 45.7 Å². The van der Waals surface area contributed by atoms with Crippen LogP contribution in [-0.4, -0.2) is 17.0 Å². The van der Waals surface area contributed by atoms with Gasteiger partial charge in [0.2, 0.25) is 5.91 Å². The second-order valence-corrected chi connectivity index (χ2v) is 6.33. The lowest BCUT2D eigenvalue weighted by Gasteiger charge is -2.29. The summed E-state index contributed by atoms with van der Waals surface area (Å²) < 4.78 is 0. The quantitative estimate of drug-likeness (QED) is 0.842. The fraction of sp³-hybridized carbons (Fsp3) is 0.500. The molecule has 1 aromatic carbocycles. The van der Waals surface area contributed by atoms with Gasteiger partial charge in [0.25, 0.3) is 0 Å². The zero-order valence-corrected chi connectivity index (χ0v) is 13.6. The van der Waals surface area contributed by atoms with Crippen LogP contribution in [-0.2, 0) is 9.59 Å². The van der Waals surface area contributed by atoms with Crippen molar-refractivity contribution in [3.05, 3.63) is 34.9 Å². The van der Waals surface area contributed by atoms with Crippen LogP contribution in [0.3, 0.4) is 0 Å². The Morgan fingerprint density at radius 2 is 1.76 bits per heavy atom. The predicted molar refractivity (Wildman–Crippen MR) is 83.2 cm³/mol. The molecular formula is C16H22ClNO3. The molecule has 0 spiro atoms. The van der Waals surface area contributed by atoms with Crippen LogP contribution in [0.4, 0.5) is 0 Å². The van der Waals surface area contributed by atoms with Gasteiger partial charge in [0.1, 0.15) is 0 Å². The number of hydrogen-bond acceptors (Lipinski definition) is 2. The van der Waals surface area contributed by atoms with E-state index in [9.17, 15) is 14.7 Å². The zero-order chi connectivity index (χ0) is 16.2. The Kier molecular flexibility index (Phi) is 5.78. The number of carbonyl (C=O) groups is 2. The Bertz CT molecular complexity index is 513. The lowest BCUT2D eigenvalue weighted by Crippen LogP contribution is -2.39. The summed E-state index contributed by atoms with van der Waals surface area (Å²) in [4.78, 5) is 23.5. The normalized spacial score (nSPS) is 15.3. The number of aliphatic carboxylic acids is 1. The first-order valence-corrected chi connectivity index (χ1v) is 7.33. The maximum atomic E-state index is 12.1. The van der Waals surface area contributed by atoms with Crippen molar-refractivity contribution in [1.82, 2.24) is 5.32 Å². The SMILES string of the molecule is CC(C)C(C)(CC(=O)N[C@@H](C)c1ccc(Cl)cc1)C(=O)O. The highest BCUT2D eigenvalue weighted by Gasteiger charge is 2.38. The van der Waals surface area contributed by atoms with Crippen molar-refractivity contribution < 1.29 is 14.7 Å². The summed E-state index contributed by atoms with van der Waals surface area (Å²) in [5.74, 6) is -1.35. The van der Waals surface area contributed by atoms with E-state index in [4.69, 9.17) is 11.6 Å². The highest BCUT2D eigenvalue weighted by molar-refractivity contribution is 6.30. The molecule has 0 saturated carbocycles. The van der Waals surface area contributed by atoms with Crippen LogP contribution in [0.2, 0.25) is 5.02 Å². The first kappa shape index (κ1) is 17.5. The van der Waals surface area contributed by atoms with Crippen LogP contribution in [0.15, 0.2) is 24.3 Å². The molecular weight excluding hydrogens is 290 g/mol. The van der Waals surface area contributed by atoms with Gasteiger partial charge in [-0.3, -0.25) is 9.59 Å². The summed E-state index contributed by atoms with van der Waals surface area (Å²) in [5.41, 5.74) is -0.140. The largest absolute Gasteiger partial charge is 0.481 e. The highest BCUT2D eigenvalue weighted by Crippen LogP contribution is 2.31. The van der Waals surface area contributed by atoms with Gasteiger partial charge >= 0.3 is 5.97 Å². The summed E-state index contributed by atoms with van der Waals surface area (Å²) in [6.07, 6.45) is -0.0437. The topological polar surface area (TPSA) is 66.4 Å². The van der Waals surface area contributed by atoms with E-state index in [2.05, 4.69) is 5.32 Å². The Labute approximate surface area is 130 Å². The van der Waals surface area contributed by atoms with Crippen molar-refractivity contribution in [1.29, 1.82) is 0 Å².